The van der Waals surface area contributed by atoms with Gasteiger partial charge in [-0.15, -0.1) is 0 Å². The van der Waals surface area contributed by atoms with Gasteiger partial charge in [-0.2, -0.15) is 0 Å². The van der Waals surface area contributed by atoms with E-state index >= 15 is 0 Å². The van der Waals surface area contributed by atoms with Gasteiger partial charge in [-0.25, -0.2) is 4.79 Å². The van der Waals surface area contributed by atoms with E-state index in [1.165, 1.54) is 7.11 Å². The van der Waals surface area contributed by atoms with Gasteiger partial charge in [0.05, 0.1) is 12.7 Å². The fraction of sp³-hybridized carbons (Fsp3) is 0.227. The lowest BCUT2D eigenvalue weighted by Gasteiger charge is -2.21. The van der Waals surface area contributed by atoms with Crippen LogP contribution in [-0.2, 0) is 4.74 Å². The average Bonchev–Trinajstić information content (AvgIpc) is 2.69. The maximum absolute atomic E-state index is 13.1. The number of rotatable bonds is 5. The molecule has 2 aromatic rings. The zero-order valence-electron chi connectivity index (χ0n) is 14.9. The number of ketones is 2. The van der Waals surface area contributed by atoms with Gasteiger partial charge in [0.15, 0.2) is 11.6 Å². The molecule has 2 aromatic carbocycles. The molecule has 0 atom stereocenters. The van der Waals surface area contributed by atoms with Crippen LogP contribution in [0.4, 0.5) is 0 Å². The smallest absolute Gasteiger partial charge is 0.337 e. The molecule has 0 radical (unpaired) electrons. The molecular weight excluding hydrogens is 328 g/mol. The molecule has 1 aliphatic carbocycles. The third-order valence-corrected chi connectivity index (χ3v) is 4.59. The van der Waals surface area contributed by atoms with Crippen molar-refractivity contribution in [3.63, 3.8) is 0 Å². The highest BCUT2D eigenvalue weighted by Gasteiger charge is 2.32. The molecule has 0 saturated heterocycles. The van der Waals surface area contributed by atoms with Crippen molar-refractivity contribution < 1.29 is 19.1 Å². The summed E-state index contributed by atoms with van der Waals surface area (Å²) >= 11 is 0. The number of ether oxygens (including phenoxy) is 1. The number of esters is 1. The summed E-state index contributed by atoms with van der Waals surface area (Å²) in [5.41, 5.74) is 2.96. The standard InChI is InChI=1S/C22H20O4/c1-3-4-7-18-19(14-10-12-15(13-11-14)22(25)26-2)21(24)17-9-6-5-8-16(17)20(18)23/h5-6,8-13H,3-4,7H2,1-2H3. The van der Waals surface area contributed by atoms with Gasteiger partial charge in [0, 0.05) is 22.3 Å². The SMILES string of the molecule is CCCCC1=C(c2ccc(C(=O)OC)cc2)C(=O)c2ccccc2C1=O. The Kier molecular flexibility index (Phi) is 5.12. The van der Waals surface area contributed by atoms with Crippen LogP contribution in [0.3, 0.4) is 0 Å². The third-order valence-electron chi connectivity index (χ3n) is 4.59. The van der Waals surface area contributed by atoms with Crippen molar-refractivity contribution in [1.29, 1.82) is 0 Å². The molecule has 0 spiro atoms. The van der Waals surface area contributed by atoms with Gasteiger partial charge in [-0.1, -0.05) is 49.7 Å². The van der Waals surface area contributed by atoms with E-state index in [0.717, 1.165) is 12.8 Å². The summed E-state index contributed by atoms with van der Waals surface area (Å²) in [6, 6.07) is 13.6. The summed E-state index contributed by atoms with van der Waals surface area (Å²) in [6.07, 6.45) is 2.32. The Labute approximate surface area is 152 Å². The van der Waals surface area contributed by atoms with Crippen LogP contribution in [0.15, 0.2) is 54.1 Å². The van der Waals surface area contributed by atoms with Crippen LogP contribution in [0.25, 0.3) is 5.57 Å². The van der Waals surface area contributed by atoms with E-state index < -0.39 is 5.97 Å². The minimum atomic E-state index is -0.437. The first kappa shape index (κ1) is 17.8. The lowest BCUT2D eigenvalue weighted by Crippen LogP contribution is -2.21. The molecule has 0 saturated carbocycles. The number of hydrogen-bond donors (Lipinski definition) is 0. The molecular formula is C22H20O4. The number of carbonyl (C=O) groups is 3. The van der Waals surface area contributed by atoms with Gasteiger partial charge in [-0.05, 0) is 30.5 Å². The number of hydrogen-bond acceptors (Lipinski definition) is 4. The molecule has 0 amide bonds. The summed E-state index contributed by atoms with van der Waals surface area (Å²) < 4.78 is 4.71. The topological polar surface area (TPSA) is 60.4 Å². The van der Waals surface area contributed by atoms with Crippen molar-refractivity contribution in [2.45, 2.75) is 26.2 Å². The zero-order chi connectivity index (χ0) is 18.7. The highest BCUT2D eigenvalue weighted by Crippen LogP contribution is 2.34. The van der Waals surface area contributed by atoms with Crippen LogP contribution in [0.1, 0.15) is 62.8 Å². The number of unbranched alkanes of at least 4 members (excludes halogenated alkanes) is 1. The Bertz CT molecular complexity index is 904. The van der Waals surface area contributed by atoms with Gasteiger partial charge >= 0.3 is 5.97 Å². The Morgan fingerprint density at radius 2 is 1.54 bits per heavy atom. The van der Waals surface area contributed by atoms with Crippen LogP contribution < -0.4 is 0 Å². The Balaban J connectivity index is 2.12. The molecule has 0 fully saturated rings. The summed E-state index contributed by atoms with van der Waals surface area (Å²) in [4.78, 5) is 37.7. The molecule has 4 heteroatoms. The highest BCUT2D eigenvalue weighted by molar-refractivity contribution is 6.40. The van der Waals surface area contributed by atoms with Crippen molar-refractivity contribution in [1.82, 2.24) is 0 Å². The van der Waals surface area contributed by atoms with E-state index in [1.54, 1.807) is 48.5 Å². The first-order valence-corrected chi connectivity index (χ1v) is 8.68. The van der Waals surface area contributed by atoms with Crippen LogP contribution in [-0.4, -0.2) is 24.6 Å². The maximum atomic E-state index is 13.1. The molecule has 0 N–H and O–H groups in total. The monoisotopic (exact) mass is 348 g/mol. The first-order chi connectivity index (χ1) is 12.6. The second-order valence-electron chi connectivity index (χ2n) is 6.23. The number of fused-ring (bicyclic) bond motifs is 1. The fourth-order valence-corrected chi connectivity index (χ4v) is 3.22. The van der Waals surface area contributed by atoms with Gasteiger partial charge in [0.25, 0.3) is 0 Å². The van der Waals surface area contributed by atoms with Crippen LogP contribution >= 0.6 is 0 Å². The minimum Gasteiger partial charge on any atom is -0.465 e. The second kappa shape index (κ2) is 7.48. The van der Waals surface area contributed by atoms with E-state index in [4.69, 9.17) is 4.74 Å². The van der Waals surface area contributed by atoms with Crippen molar-refractivity contribution in [2.24, 2.45) is 0 Å². The number of allylic oxidation sites excluding steroid dienone is 2. The van der Waals surface area contributed by atoms with Crippen LogP contribution in [0.2, 0.25) is 0 Å². The molecule has 0 unspecified atom stereocenters. The molecule has 0 aliphatic heterocycles. The molecule has 132 valence electrons. The van der Waals surface area contributed by atoms with E-state index in [1.807, 2.05) is 0 Å². The Morgan fingerprint density at radius 1 is 0.923 bits per heavy atom. The van der Waals surface area contributed by atoms with Crippen molar-refractivity contribution in [2.75, 3.05) is 7.11 Å². The van der Waals surface area contributed by atoms with E-state index in [2.05, 4.69) is 6.92 Å². The number of Topliss-reactive ketones (excluding diaryl/α,β-unsaturated/α-hetero) is 2. The lowest BCUT2D eigenvalue weighted by atomic mass is 9.79. The van der Waals surface area contributed by atoms with Crippen LogP contribution in [0, 0.1) is 0 Å². The quantitative estimate of drug-likeness (QED) is 0.747. The molecule has 26 heavy (non-hydrogen) atoms. The Morgan fingerprint density at radius 3 is 2.12 bits per heavy atom. The second-order valence-corrected chi connectivity index (χ2v) is 6.23. The Hall–Kier alpha value is -3.01. The minimum absolute atomic E-state index is 0.0827. The molecule has 3 rings (SSSR count). The number of methoxy groups -OCH3 is 1. The summed E-state index contributed by atoms with van der Waals surface area (Å²) in [5, 5.41) is 0. The fourth-order valence-electron chi connectivity index (χ4n) is 3.22. The van der Waals surface area contributed by atoms with Crippen LogP contribution in [0.5, 0.6) is 0 Å². The largest absolute Gasteiger partial charge is 0.465 e. The first-order valence-electron chi connectivity index (χ1n) is 8.68. The highest BCUT2D eigenvalue weighted by atomic mass is 16.5. The summed E-state index contributed by atoms with van der Waals surface area (Å²) in [6.45, 7) is 2.05. The molecule has 1 aliphatic rings. The predicted octanol–water partition coefficient (Wildman–Crippen LogP) is 4.50. The van der Waals surface area contributed by atoms with Crippen molar-refractivity contribution >= 4 is 23.1 Å². The molecule has 0 aromatic heterocycles. The van der Waals surface area contributed by atoms with Gasteiger partial charge in [0.2, 0.25) is 0 Å². The lowest BCUT2D eigenvalue weighted by molar-refractivity contribution is 0.0600. The predicted molar refractivity (Wildman–Crippen MR) is 99.3 cm³/mol. The number of benzene rings is 2. The summed E-state index contributed by atoms with van der Waals surface area (Å²) in [5.74, 6) is -0.661. The van der Waals surface area contributed by atoms with Crippen molar-refractivity contribution in [3.8, 4) is 0 Å². The normalized spacial score (nSPS) is 13.6. The third kappa shape index (κ3) is 3.10. The zero-order valence-corrected chi connectivity index (χ0v) is 14.9. The van der Waals surface area contributed by atoms with Gasteiger partial charge < -0.3 is 4.74 Å². The molecule has 0 bridgehead atoms. The van der Waals surface area contributed by atoms with E-state index in [0.29, 0.717) is 39.8 Å². The average molecular weight is 348 g/mol. The maximum Gasteiger partial charge on any atom is 0.337 e. The van der Waals surface area contributed by atoms with Crippen molar-refractivity contribution in [3.05, 3.63) is 76.4 Å². The van der Waals surface area contributed by atoms with E-state index in [-0.39, 0.29) is 11.6 Å². The number of carbonyl (C=O) groups excluding carboxylic acids is 3. The van der Waals surface area contributed by atoms with Gasteiger partial charge in [0.1, 0.15) is 0 Å². The molecule has 4 nitrogen and oxygen atoms in total. The van der Waals surface area contributed by atoms with E-state index in [9.17, 15) is 14.4 Å². The van der Waals surface area contributed by atoms with Gasteiger partial charge in [-0.3, -0.25) is 9.59 Å². The summed E-state index contributed by atoms with van der Waals surface area (Å²) in [7, 11) is 1.32. The molecule has 0 heterocycles.